The lowest BCUT2D eigenvalue weighted by Crippen LogP contribution is -2.38. The van der Waals surface area contributed by atoms with Crippen LogP contribution in [0.3, 0.4) is 0 Å². The van der Waals surface area contributed by atoms with E-state index in [1.54, 1.807) is 0 Å². The molecule has 0 saturated carbocycles. The van der Waals surface area contributed by atoms with Gasteiger partial charge in [0.15, 0.2) is 0 Å². The van der Waals surface area contributed by atoms with Crippen LogP contribution in [0.1, 0.15) is 71.0 Å². The highest BCUT2D eigenvalue weighted by molar-refractivity contribution is 9.25. The molecule has 2 aromatic rings. The minimum Gasteiger partial charge on any atom is -0.477 e. The first kappa shape index (κ1) is 26.2. The molecule has 0 saturated heterocycles. The minimum atomic E-state index is -1.25. The van der Waals surface area contributed by atoms with Crippen LogP contribution < -0.4 is 11.1 Å². The van der Waals surface area contributed by atoms with Gasteiger partial charge in [0.1, 0.15) is 29.2 Å². The van der Waals surface area contributed by atoms with Gasteiger partial charge in [-0.15, -0.1) is 0 Å². The Bertz CT molecular complexity index is 1240. The topological polar surface area (TPSA) is 144 Å². The first-order valence-electron chi connectivity index (χ1n) is 9.72. The van der Waals surface area contributed by atoms with Crippen LogP contribution in [0.5, 0.6) is 0 Å². The van der Waals surface area contributed by atoms with Crippen LogP contribution in [0.15, 0.2) is 22.0 Å². The van der Waals surface area contributed by atoms with Crippen LogP contribution in [0.2, 0.25) is 0 Å². The number of hydrogen-bond donors (Lipinski definition) is 2. The van der Waals surface area contributed by atoms with Gasteiger partial charge in [0.25, 0.3) is 11.1 Å². The van der Waals surface area contributed by atoms with Crippen molar-refractivity contribution in [2.45, 2.75) is 51.7 Å². The highest BCUT2D eigenvalue weighted by atomic mass is 79.9. The molecule has 2 aromatic heterocycles. The van der Waals surface area contributed by atoms with Crippen molar-refractivity contribution in [1.82, 2.24) is 19.1 Å². The number of aromatic carboxylic acids is 2. The molecule has 2 N–H and O–H groups in total. The number of hydrogen-bond acceptors (Lipinski definition) is 6. The van der Waals surface area contributed by atoms with Crippen molar-refractivity contribution < 1.29 is 19.8 Å². The van der Waals surface area contributed by atoms with Crippen LogP contribution in [0.25, 0.3) is 0 Å². The third kappa shape index (κ3) is 5.17. The summed E-state index contributed by atoms with van der Waals surface area (Å²) in [6.45, 7) is 2.38. The summed E-state index contributed by atoms with van der Waals surface area (Å²) < 4.78 is 1.75. The fraction of sp³-hybridized carbons (Fsp3) is 0.474. The summed E-state index contributed by atoms with van der Waals surface area (Å²) in [7, 11) is 0. The Morgan fingerprint density at radius 2 is 1.45 bits per heavy atom. The second-order valence-electron chi connectivity index (χ2n) is 7.63. The molecule has 0 spiro atoms. The lowest BCUT2D eigenvalue weighted by molar-refractivity contribution is 0.0682. The normalized spacial score (nSPS) is 20.0. The van der Waals surface area contributed by atoms with Gasteiger partial charge in [-0.1, -0.05) is 63.7 Å². The third-order valence-corrected chi connectivity index (χ3v) is 8.35. The molecule has 0 fully saturated rings. The Labute approximate surface area is 221 Å². The molecule has 178 valence electrons. The van der Waals surface area contributed by atoms with E-state index in [1.807, 2.05) is 6.92 Å². The number of nitrogens with zero attached hydrogens (tertiary/aromatic N) is 4. The lowest BCUT2D eigenvalue weighted by Gasteiger charge is -2.32. The van der Waals surface area contributed by atoms with E-state index in [2.05, 4.69) is 73.7 Å². The van der Waals surface area contributed by atoms with Crippen molar-refractivity contribution in [2.75, 3.05) is 0 Å². The van der Waals surface area contributed by atoms with E-state index in [-0.39, 0.29) is 17.2 Å². The molecule has 10 nitrogen and oxygen atoms in total. The number of alkyl halides is 4. The van der Waals surface area contributed by atoms with Gasteiger partial charge in [0.2, 0.25) is 0 Å². The number of fused-ring (bicyclic) bond motifs is 2. The van der Waals surface area contributed by atoms with Crippen LogP contribution in [0.4, 0.5) is 0 Å². The molecule has 4 heterocycles. The summed E-state index contributed by atoms with van der Waals surface area (Å²) in [4.78, 5) is 53.7. The predicted octanol–water partition coefficient (Wildman–Crippen LogP) is 3.92. The quantitative estimate of drug-likeness (QED) is 0.445. The third-order valence-electron chi connectivity index (χ3n) is 5.34. The van der Waals surface area contributed by atoms with E-state index in [9.17, 15) is 19.2 Å². The lowest BCUT2D eigenvalue weighted by atomic mass is 10.0. The summed E-state index contributed by atoms with van der Waals surface area (Å²) >= 11 is 13.8. The SMILES string of the molecule is CC1CCC(Br)(Br)c2ncc(C(=O)O)c(=O)n21.O=C(O)c1cnc2n(c1=O)CCCC2(Br)Br. The zero-order valence-corrected chi connectivity index (χ0v) is 23.4. The number of halogens is 4. The van der Waals surface area contributed by atoms with Crippen molar-refractivity contribution in [3.05, 3.63) is 55.9 Å². The standard InChI is InChI=1S/C10H10Br2N2O3.C9H8Br2N2O3/c1-5-2-3-10(11,12)9-13-4-6(8(16)17)7(15)14(5)9;10-9(11)2-1-3-13-6(14)5(7(15)16)4-12-8(9)13/h4-5H,2-3H2,1H3,(H,16,17);4H,1-3H2,(H,15,16). The number of carboxylic acids is 2. The first-order chi connectivity index (χ1) is 15.3. The number of rotatable bonds is 2. The molecule has 0 aliphatic carbocycles. The van der Waals surface area contributed by atoms with Crippen LogP contribution in [-0.2, 0) is 13.0 Å². The largest absolute Gasteiger partial charge is 0.477 e. The molecule has 4 rings (SSSR count). The Hall–Kier alpha value is -1.38. The molecule has 0 amide bonds. The average Bonchev–Trinajstić information content (AvgIpc) is 2.71. The van der Waals surface area contributed by atoms with Crippen LogP contribution in [-0.4, -0.2) is 41.3 Å². The summed E-state index contributed by atoms with van der Waals surface area (Å²) in [5.74, 6) is -1.45. The molecule has 2 aliphatic rings. The number of carboxylic acid groups (broad SMARTS) is 2. The summed E-state index contributed by atoms with van der Waals surface area (Å²) in [5.41, 5.74) is -1.58. The van der Waals surface area contributed by atoms with Gasteiger partial charge < -0.3 is 10.2 Å². The number of carbonyl (C=O) groups is 2. The molecule has 1 atom stereocenters. The predicted molar refractivity (Wildman–Crippen MR) is 133 cm³/mol. The maximum absolute atomic E-state index is 12.1. The monoisotopic (exact) mass is 714 g/mol. The van der Waals surface area contributed by atoms with Gasteiger partial charge >= 0.3 is 11.9 Å². The highest BCUT2D eigenvalue weighted by Gasteiger charge is 2.37. The van der Waals surface area contributed by atoms with Gasteiger partial charge in [-0.3, -0.25) is 18.7 Å². The van der Waals surface area contributed by atoms with Gasteiger partial charge in [-0.2, -0.15) is 0 Å². The Morgan fingerprint density at radius 1 is 0.939 bits per heavy atom. The van der Waals surface area contributed by atoms with Crippen molar-refractivity contribution in [2.24, 2.45) is 0 Å². The van der Waals surface area contributed by atoms with E-state index in [0.29, 0.717) is 18.2 Å². The second-order valence-corrected chi connectivity index (χ2v) is 15.2. The van der Waals surface area contributed by atoms with Crippen molar-refractivity contribution >= 4 is 75.7 Å². The van der Waals surface area contributed by atoms with Gasteiger partial charge in [0, 0.05) is 25.0 Å². The molecule has 0 aromatic carbocycles. The maximum atomic E-state index is 12.1. The Morgan fingerprint density at radius 3 is 2.03 bits per heavy atom. The molecule has 33 heavy (non-hydrogen) atoms. The smallest absolute Gasteiger partial charge is 0.342 e. The molecule has 1 unspecified atom stereocenters. The summed E-state index contributed by atoms with van der Waals surface area (Å²) in [5, 5.41) is 17.7. The minimum absolute atomic E-state index is 0.0486. The zero-order chi connectivity index (χ0) is 24.7. The maximum Gasteiger partial charge on any atom is 0.342 e. The van der Waals surface area contributed by atoms with E-state index in [0.717, 1.165) is 38.1 Å². The van der Waals surface area contributed by atoms with E-state index < -0.39 is 29.5 Å². The van der Waals surface area contributed by atoms with Crippen LogP contribution in [0, 0.1) is 0 Å². The van der Waals surface area contributed by atoms with Crippen LogP contribution >= 0.6 is 63.7 Å². The Kier molecular flexibility index (Phi) is 7.71. The average molecular weight is 718 g/mol. The van der Waals surface area contributed by atoms with Crippen molar-refractivity contribution in [3.8, 4) is 0 Å². The molecular formula is C19H18Br4N4O6. The summed E-state index contributed by atoms with van der Waals surface area (Å²) in [6.07, 6.45) is 5.37. The van der Waals surface area contributed by atoms with Gasteiger partial charge in [-0.25, -0.2) is 19.6 Å². The zero-order valence-electron chi connectivity index (χ0n) is 17.1. The molecular weight excluding hydrogens is 700 g/mol. The molecule has 0 radical (unpaired) electrons. The summed E-state index contributed by atoms with van der Waals surface area (Å²) in [6, 6.07) is -0.0486. The highest BCUT2D eigenvalue weighted by Crippen LogP contribution is 2.46. The fourth-order valence-corrected chi connectivity index (χ4v) is 5.87. The fourth-order valence-electron chi connectivity index (χ4n) is 3.64. The Balaban J connectivity index is 0.000000186. The molecule has 14 heteroatoms. The van der Waals surface area contributed by atoms with E-state index >= 15 is 0 Å². The van der Waals surface area contributed by atoms with Gasteiger partial charge in [0.05, 0.1) is 0 Å². The molecule has 2 aliphatic heterocycles. The van der Waals surface area contributed by atoms with E-state index in [4.69, 9.17) is 10.2 Å². The first-order valence-corrected chi connectivity index (χ1v) is 12.9. The second kappa shape index (κ2) is 9.70. The van der Waals surface area contributed by atoms with Gasteiger partial charge in [-0.05, 0) is 32.6 Å². The van der Waals surface area contributed by atoms with Crippen molar-refractivity contribution in [1.29, 1.82) is 0 Å². The van der Waals surface area contributed by atoms with E-state index in [1.165, 1.54) is 9.13 Å². The number of aromatic nitrogens is 4. The van der Waals surface area contributed by atoms with Crippen molar-refractivity contribution in [3.63, 3.8) is 0 Å². The molecule has 0 bridgehead atoms.